The lowest BCUT2D eigenvalue weighted by Gasteiger charge is -2.27. The van der Waals surface area contributed by atoms with Gasteiger partial charge in [-0.2, -0.15) is 0 Å². The number of rotatable bonds is 4. The van der Waals surface area contributed by atoms with Crippen LogP contribution in [0.4, 0.5) is 0 Å². The Hall–Kier alpha value is -2.11. The Bertz CT molecular complexity index is 807. The van der Waals surface area contributed by atoms with Gasteiger partial charge in [-0.05, 0) is 29.5 Å². The second-order valence-electron chi connectivity index (χ2n) is 6.93. The molecule has 3 aromatic rings. The Labute approximate surface area is 150 Å². The summed E-state index contributed by atoms with van der Waals surface area (Å²) in [6, 6.07) is 31.3. The van der Waals surface area contributed by atoms with E-state index in [1.54, 1.807) is 0 Å². The summed E-state index contributed by atoms with van der Waals surface area (Å²) in [7, 11) is -2.46. The summed E-state index contributed by atoms with van der Waals surface area (Å²) in [5.41, 5.74) is 3.99. The third-order valence-electron chi connectivity index (χ3n) is 5.41. The van der Waals surface area contributed by atoms with Crippen LogP contribution in [0.15, 0.2) is 91.0 Å². The van der Waals surface area contributed by atoms with Gasteiger partial charge >= 0.3 is 0 Å². The van der Waals surface area contributed by atoms with Crippen molar-refractivity contribution in [1.82, 2.24) is 0 Å². The molecule has 0 amide bonds. The SMILES string of the molecule is O=P1(Cc2ccccc2)[C@H](c2ccccc2)CC[C@H]1c1ccccc1. The van der Waals surface area contributed by atoms with Crippen LogP contribution >= 0.6 is 7.14 Å². The summed E-state index contributed by atoms with van der Waals surface area (Å²) in [5, 5.41) is 0. The highest BCUT2D eigenvalue weighted by Crippen LogP contribution is 2.77. The first-order valence-electron chi connectivity index (χ1n) is 8.99. The molecule has 0 aliphatic carbocycles. The number of hydrogen-bond donors (Lipinski definition) is 0. The number of hydrogen-bond acceptors (Lipinski definition) is 1. The first-order chi connectivity index (χ1) is 12.3. The molecule has 2 atom stereocenters. The van der Waals surface area contributed by atoms with Crippen LogP contribution < -0.4 is 0 Å². The van der Waals surface area contributed by atoms with Crippen molar-refractivity contribution < 1.29 is 4.57 Å². The zero-order valence-corrected chi connectivity index (χ0v) is 15.2. The second-order valence-corrected chi connectivity index (χ2v) is 10.2. The van der Waals surface area contributed by atoms with Gasteiger partial charge < -0.3 is 4.57 Å². The van der Waals surface area contributed by atoms with E-state index in [1.165, 1.54) is 16.7 Å². The minimum absolute atomic E-state index is 0.166. The molecule has 126 valence electrons. The van der Waals surface area contributed by atoms with Gasteiger partial charge in [-0.1, -0.05) is 91.0 Å². The van der Waals surface area contributed by atoms with Gasteiger partial charge in [0.2, 0.25) is 0 Å². The molecule has 0 bridgehead atoms. The van der Waals surface area contributed by atoms with E-state index in [1.807, 2.05) is 30.3 Å². The minimum Gasteiger partial charge on any atom is -0.322 e. The van der Waals surface area contributed by atoms with Crippen molar-refractivity contribution in [2.45, 2.75) is 30.3 Å². The summed E-state index contributed by atoms with van der Waals surface area (Å²) in [6.07, 6.45) is 2.70. The van der Waals surface area contributed by atoms with Crippen LogP contribution in [0.5, 0.6) is 0 Å². The lowest BCUT2D eigenvalue weighted by molar-refractivity contribution is 0.565. The second kappa shape index (κ2) is 7.02. The van der Waals surface area contributed by atoms with E-state index in [0.717, 1.165) is 12.8 Å². The molecular formula is C23H23OP. The molecule has 0 aromatic heterocycles. The van der Waals surface area contributed by atoms with Crippen molar-refractivity contribution in [2.24, 2.45) is 0 Å². The number of benzene rings is 3. The average Bonchev–Trinajstić information content (AvgIpc) is 3.00. The molecule has 1 fully saturated rings. The molecule has 0 spiro atoms. The summed E-state index contributed by atoms with van der Waals surface area (Å²) < 4.78 is 14.4. The monoisotopic (exact) mass is 346 g/mol. The summed E-state index contributed by atoms with van der Waals surface area (Å²) >= 11 is 0. The third kappa shape index (κ3) is 3.22. The highest BCUT2D eigenvalue weighted by atomic mass is 31.2. The van der Waals surface area contributed by atoms with Crippen molar-refractivity contribution in [1.29, 1.82) is 0 Å². The zero-order valence-electron chi connectivity index (χ0n) is 14.3. The standard InChI is InChI=1S/C23H23OP/c24-25(18-19-10-4-1-5-11-19)22(20-12-6-2-7-13-20)16-17-23(25)21-14-8-3-9-15-21/h1-15,22-23H,16-18H2/t22-,23-/m0/s1. The van der Waals surface area contributed by atoms with E-state index >= 15 is 0 Å². The smallest absolute Gasteiger partial charge is 0.106 e. The predicted molar refractivity (Wildman–Crippen MR) is 105 cm³/mol. The van der Waals surface area contributed by atoms with E-state index in [0.29, 0.717) is 6.16 Å². The Morgan fingerprint density at radius 1 is 0.640 bits per heavy atom. The lowest BCUT2D eigenvalue weighted by atomic mass is 10.0. The van der Waals surface area contributed by atoms with Crippen LogP contribution in [0.1, 0.15) is 40.8 Å². The molecule has 0 N–H and O–H groups in total. The van der Waals surface area contributed by atoms with Gasteiger partial charge in [-0.3, -0.25) is 0 Å². The van der Waals surface area contributed by atoms with Crippen molar-refractivity contribution >= 4 is 7.14 Å². The van der Waals surface area contributed by atoms with Crippen LogP contribution in [-0.2, 0) is 10.7 Å². The van der Waals surface area contributed by atoms with Gasteiger partial charge in [0.25, 0.3) is 0 Å². The molecule has 1 nitrogen and oxygen atoms in total. The largest absolute Gasteiger partial charge is 0.322 e. The summed E-state index contributed by atoms with van der Waals surface area (Å²) in [6.45, 7) is 0. The molecule has 0 radical (unpaired) electrons. The average molecular weight is 346 g/mol. The van der Waals surface area contributed by atoms with Gasteiger partial charge in [0.05, 0.1) is 0 Å². The Morgan fingerprint density at radius 2 is 1.04 bits per heavy atom. The van der Waals surface area contributed by atoms with E-state index < -0.39 is 7.14 Å². The molecule has 1 heterocycles. The van der Waals surface area contributed by atoms with Crippen LogP contribution in [0, 0.1) is 0 Å². The van der Waals surface area contributed by atoms with Crippen molar-refractivity contribution in [3.05, 3.63) is 108 Å². The third-order valence-corrected chi connectivity index (χ3v) is 9.49. The van der Waals surface area contributed by atoms with Gasteiger partial charge in [-0.25, -0.2) is 0 Å². The molecule has 4 rings (SSSR count). The molecular weight excluding hydrogens is 323 g/mol. The fraction of sp³-hybridized carbons (Fsp3) is 0.217. The molecule has 1 aliphatic rings. The summed E-state index contributed by atoms with van der Waals surface area (Å²) in [4.78, 5) is 0. The molecule has 25 heavy (non-hydrogen) atoms. The maximum absolute atomic E-state index is 14.4. The first kappa shape index (κ1) is 16.4. The molecule has 2 heteroatoms. The minimum atomic E-state index is -2.46. The maximum Gasteiger partial charge on any atom is 0.106 e. The maximum atomic E-state index is 14.4. The van der Waals surface area contributed by atoms with Gasteiger partial charge in [-0.15, -0.1) is 0 Å². The van der Waals surface area contributed by atoms with Gasteiger partial charge in [0, 0.05) is 17.5 Å². The van der Waals surface area contributed by atoms with E-state index in [2.05, 4.69) is 60.7 Å². The lowest BCUT2D eigenvalue weighted by Crippen LogP contribution is -2.02. The topological polar surface area (TPSA) is 17.1 Å². The van der Waals surface area contributed by atoms with E-state index in [4.69, 9.17) is 0 Å². The molecule has 1 saturated heterocycles. The van der Waals surface area contributed by atoms with Crippen LogP contribution in [0.25, 0.3) is 0 Å². The fourth-order valence-electron chi connectivity index (χ4n) is 4.25. The Morgan fingerprint density at radius 3 is 1.48 bits per heavy atom. The predicted octanol–water partition coefficient (Wildman–Crippen LogP) is 6.83. The molecule has 1 aliphatic heterocycles. The van der Waals surface area contributed by atoms with Crippen LogP contribution in [0.2, 0.25) is 0 Å². The highest BCUT2D eigenvalue weighted by Gasteiger charge is 2.47. The van der Waals surface area contributed by atoms with Crippen molar-refractivity contribution in [3.8, 4) is 0 Å². The van der Waals surface area contributed by atoms with Crippen molar-refractivity contribution in [2.75, 3.05) is 0 Å². The highest BCUT2D eigenvalue weighted by molar-refractivity contribution is 7.64. The molecule has 0 unspecified atom stereocenters. The molecule has 3 aromatic carbocycles. The van der Waals surface area contributed by atoms with Crippen LogP contribution in [0.3, 0.4) is 0 Å². The van der Waals surface area contributed by atoms with Gasteiger partial charge in [0.15, 0.2) is 0 Å². The van der Waals surface area contributed by atoms with E-state index in [-0.39, 0.29) is 11.3 Å². The quantitative estimate of drug-likeness (QED) is 0.473. The zero-order chi connectivity index (χ0) is 17.1. The van der Waals surface area contributed by atoms with Crippen molar-refractivity contribution in [3.63, 3.8) is 0 Å². The first-order valence-corrected chi connectivity index (χ1v) is 11.0. The van der Waals surface area contributed by atoms with Gasteiger partial charge in [0.1, 0.15) is 7.14 Å². The Balaban J connectivity index is 1.77. The van der Waals surface area contributed by atoms with E-state index in [9.17, 15) is 4.57 Å². The normalized spacial score (nSPS) is 21.9. The van der Waals surface area contributed by atoms with Crippen LogP contribution in [-0.4, -0.2) is 0 Å². The summed E-state index contributed by atoms with van der Waals surface area (Å²) in [5.74, 6) is 0. The molecule has 0 saturated carbocycles. The fourth-order valence-corrected chi connectivity index (χ4v) is 8.43. The Kier molecular flexibility index (Phi) is 4.59.